The van der Waals surface area contributed by atoms with E-state index in [1.165, 1.54) is 4.68 Å². The van der Waals surface area contributed by atoms with Crippen molar-refractivity contribution in [2.45, 2.75) is 26.2 Å². The molecule has 0 fully saturated rings. The van der Waals surface area contributed by atoms with Gasteiger partial charge in [-0.3, -0.25) is 9.59 Å². The maximum Gasteiger partial charge on any atom is 0.282 e. The van der Waals surface area contributed by atoms with Gasteiger partial charge in [0.05, 0.1) is 17.1 Å². The molecule has 0 aliphatic heterocycles. The van der Waals surface area contributed by atoms with Crippen LogP contribution < -0.4 is 15.6 Å². The number of rotatable bonds is 6. The Kier molecular flexibility index (Phi) is 7.12. The van der Waals surface area contributed by atoms with Gasteiger partial charge < -0.3 is 10.1 Å². The standard InChI is InChI=1S/C27H25BrN4O3/c1-27(2,3)26-31-23-13-12-19(28)15-22(23)25(34)32(26)29-16-18-8-7-11-21(14-18)35-17-24(33)30-20-9-5-4-6-10-20/h4-16H,17H2,1-3H3,(H,30,33). The lowest BCUT2D eigenvalue weighted by molar-refractivity contribution is -0.118. The molecule has 0 spiro atoms. The van der Waals surface area contributed by atoms with Crippen LogP contribution in [-0.4, -0.2) is 28.4 Å². The normalized spacial score (nSPS) is 11.7. The second kappa shape index (κ2) is 10.2. The van der Waals surface area contributed by atoms with Crippen LogP contribution in [0.5, 0.6) is 5.75 Å². The number of fused-ring (bicyclic) bond motifs is 1. The van der Waals surface area contributed by atoms with E-state index in [9.17, 15) is 9.59 Å². The van der Waals surface area contributed by atoms with Crippen LogP contribution in [0.2, 0.25) is 0 Å². The Morgan fingerprint density at radius 3 is 2.60 bits per heavy atom. The molecule has 0 radical (unpaired) electrons. The lowest BCUT2D eigenvalue weighted by atomic mass is 9.95. The summed E-state index contributed by atoms with van der Waals surface area (Å²) in [7, 11) is 0. The summed E-state index contributed by atoms with van der Waals surface area (Å²) in [6.07, 6.45) is 1.58. The molecule has 0 aliphatic rings. The number of amides is 1. The maximum atomic E-state index is 13.3. The molecule has 4 rings (SSSR count). The van der Waals surface area contributed by atoms with Crippen molar-refractivity contribution in [2.24, 2.45) is 5.10 Å². The highest BCUT2D eigenvalue weighted by molar-refractivity contribution is 9.10. The second-order valence-corrected chi connectivity index (χ2v) is 9.90. The van der Waals surface area contributed by atoms with Gasteiger partial charge in [0.1, 0.15) is 11.6 Å². The van der Waals surface area contributed by atoms with E-state index < -0.39 is 5.41 Å². The van der Waals surface area contributed by atoms with Crippen LogP contribution in [0.4, 0.5) is 5.69 Å². The third-order valence-corrected chi connectivity index (χ3v) is 5.58. The number of halogens is 1. The van der Waals surface area contributed by atoms with Gasteiger partial charge in [0, 0.05) is 15.6 Å². The van der Waals surface area contributed by atoms with E-state index in [0.717, 1.165) is 4.47 Å². The largest absolute Gasteiger partial charge is 0.484 e. The quantitative estimate of drug-likeness (QED) is 0.339. The molecule has 35 heavy (non-hydrogen) atoms. The number of carbonyl (C=O) groups is 1. The molecule has 0 saturated heterocycles. The first-order chi connectivity index (χ1) is 16.7. The summed E-state index contributed by atoms with van der Waals surface area (Å²) in [5.74, 6) is 0.810. The van der Waals surface area contributed by atoms with Crippen LogP contribution in [0.25, 0.3) is 10.9 Å². The van der Waals surface area contributed by atoms with E-state index in [1.54, 1.807) is 30.5 Å². The number of ether oxygens (including phenoxy) is 1. The highest BCUT2D eigenvalue weighted by Crippen LogP contribution is 2.23. The molecule has 7 nitrogen and oxygen atoms in total. The van der Waals surface area contributed by atoms with E-state index in [1.807, 2.05) is 69.3 Å². The number of hydrogen-bond acceptors (Lipinski definition) is 5. The molecule has 0 unspecified atom stereocenters. The van der Waals surface area contributed by atoms with Gasteiger partial charge in [-0.1, -0.05) is 67.0 Å². The molecular weight excluding hydrogens is 508 g/mol. The van der Waals surface area contributed by atoms with Crippen molar-refractivity contribution >= 4 is 44.6 Å². The summed E-state index contributed by atoms with van der Waals surface area (Å²) in [6, 6.07) is 21.8. The molecule has 0 aliphatic carbocycles. The minimum atomic E-state index is -0.408. The summed E-state index contributed by atoms with van der Waals surface area (Å²) in [5, 5.41) is 7.74. The van der Waals surface area contributed by atoms with Crippen molar-refractivity contribution in [1.82, 2.24) is 9.66 Å². The van der Waals surface area contributed by atoms with Crippen molar-refractivity contribution in [3.8, 4) is 5.75 Å². The number of benzene rings is 3. The van der Waals surface area contributed by atoms with Crippen LogP contribution in [0.15, 0.2) is 87.2 Å². The SMILES string of the molecule is CC(C)(C)c1nc2ccc(Br)cc2c(=O)n1N=Cc1cccc(OCC(=O)Nc2ccccc2)c1. The van der Waals surface area contributed by atoms with E-state index in [2.05, 4.69) is 26.3 Å². The number of anilines is 1. The zero-order chi connectivity index (χ0) is 25.0. The molecule has 1 aromatic heterocycles. The number of aromatic nitrogens is 2. The lowest BCUT2D eigenvalue weighted by Gasteiger charge is -2.20. The van der Waals surface area contributed by atoms with Crippen molar-refractivity contribution in [3.05, 3.63) is 99.0 Å². The van der Waals surface area contributed by atoms with Crippen LogP contribution in [0.1, 0.15) is 32.2 Å². The fraction of sp³-hybridized carbons (Fsp3) is 0.185. The van der Waals surface area contributed by atoms with Gasteiger partial charge in [-0.05, 0) is 48.0 Å². The molecule has 1 heterocycles. The Balaban J connectivity index is 1.57. The molecule has 178 valence electrons. The average Bonchev–Trinajstić information content (AvgIpc) is 2.83. The predicted octanol–water partition coefficient (Wildman–Crippen LogP) is 5.36. The molecular formula is C27H25BrN4O3. The van der Waals surface area contributed by atoms with Gasteiger partial charge >= 0.3 is 0 Å². The fourth-order valence-corrected chi connectivity index (χ4v) is 3.78. The van der Waals surface area contributed by atoms with Crippen molar-refractivity contribution in [3.63, 3.8) is 0 Å². The van der Waals surface area contributed by atoms with E-state index in [0.29, 0.717) is 33.7 Å². The van der Waals surface area contributed by atoms with Gasteiger partial charge in [0.15, 0.2) is 6.61 Å². The highest BCUT2D eigenvalue weighted by atomic mass is 79.9. The van der Waals surface area contributed by atoms with Crippen molar-refractivity contribution in [2.75, 3.05) is 11.9 Å². The first kappa shape index (κ1) is 24.3. The van der Waals surface area contributed by atoms with Gasteiger partial charge in [-0.15, -0.1) is 0 Å². The van der Waals surface area contributed by atoms with Crippen molar-refractivity contribution in [1.29, 1.82) is 0 Å². The van der Waals surface area contributed by atoms with Gasteiger partial charge in [0.25, 0.3) is 11.5 Å². The number of para-hydroxylation sites is 1. The van der Waals surface area contributed by atoms with Crippen molar-refractivity contribution < 1.29 is 9.53 Å². The maximum absolute atomic E-state index is 13.3. The smallest absolute Gasteiger partial charge is 0.282 e. The second-order valence-electron chi connectivity index (χ2n) is 8.98. The first-order valence-electron chi connectivity index (χ1n) is 11.1. The third-order valence-electron chi connectivity index (χ3n) is 5.09. The van der Waals surface area contributed by atoms with Gasteiger partial charge in [0.2, 0.25) is 0 Å². The molecule has 1 amide bonds. The predicted molar refractivity (Wildman–Crippen MR) is 142 cm³/mol. The van der Waals surface area contributed by atoms with Gasteiger partial charge in [-0.2, -0.15) is 9.78 Å². The number of hydrogen-bond donors (Lipinski definition) is 1. The van der Waals surface area contributed by atoms with E-state index >= 15 is 0 Å². The monoisotopic (exact) mass is 532 g/mol. The Morgan fingerprint density at radius 2 is 1.86 bits per heavy atom. The zero-order valence-corrected chi connectivity index (χ0v) is 21.2. The minimum Gasteiger partial charge on any atom is -0.484 e. The molecule has 0 saturated carbocycles. The molecule has 3 aromatic carbocycles. The van der Waals surface area contributed by atoms with E-state index in [-0.39, 0.29) is 18.1 Å². The highest BCUT2D eigenvalue weighted by Gasteiger charge is 2.22. The molecule has 8 heteroatoms. The third kappa shape index (κ3) is 6.02. The summed E-state index contributed by atoms with van der Waals surface area (Å²) in [6.45, 7) is 5.83. The summed E-state index contributed by atoms with van der Waals surface area (Å²) in [5.41, 5.74) is 1.39. The summed E-state index contributed by atoms with van der Waals surface area (Å²) >= 11 is 3.42. The Morgan fingerprint density at radius 1 is 1.09 bits per heavy atom. The Labute approximate surface area is 211 Å². The molecule has 4 aromatic rings. The zero-order valence-electron chi connectivity index (χ0n) is 19.7. The lowest BCUT2D eigenvalue weighted by Crippen LogP contribution is -2.29. The summed E-state index contributed by atoms with van der Waals surface area (Å²) in [4.78, 5) is 30.2. The minimum absolute atomic E-state index is 0.132. The average molecular weight is 533 g/mol. The number of nitrogens with one attached hydrogen (secondary N) is 1. The Bertz CT molecular complexity index is 1460. The summed E-state index contributed by atoms with van der Waals surface area (Å²) < 4.78 is 7.78. The van der Waals surface area contributed by atoms with Crippen LogP contribution >= 0.6 is 15.9 Å². The first-order valence-corrected chi connectivity index (χ1v) is 11.8. The van der Waals surface area contributed by atoms with Crippen LogP contribution in [-0.2, 0) is 10.2 Å². The van der Waals surface area contributed by atoms with E-state index in [4.69, 9.17) is 9.72 Å². The van der Waals surface area contributed by atoms with Gasteiger partial charge in [-0.25, -0.2) is 4.98 Å². The molecule has 0 bridgehead atoms. The topological polar surface area (TPSA) is 85.6 Å². The molecule has 0 atom stereocenters. The number of nitrogens with zero attached hydrogens (tertiary/aromatic N) is 3. The number of carbonyl (C=O) groups excluding carboxylic acids is 1. The Hall–Kier alpha value is -3.78. The van der Waals surface area contributed by atoms with Crippen LogP contribution in [0.3, 0.4) is 0 Å². The fourth-order valence-electron chi connectivity index (χ4n) is 3.42. The van der Waals surface area contributed by atoms with Crippen LogP contribution in [0, 0.1) is 0 Å². The molecule has 1 N–H and O–H groups in total.